The highest BCUT2D eigenvalue weighted by atomic mass is 35.5. The smallest absolute Gasteiger partial charge is 0.244 e. The molecule has 3 aromatic rings. The van der Waals surface area contributed by atoms with Crippen LogP contribution in [0.5, 0.6) is 11.5 Å². The van der Waals surface area contributed by atoms with Gasteiger partial charge in [-0.3, -0.25) is 9.20 Å². The van der Waals surface area contributed by atoms with Gasteiger partial charge in [-0.25, -0.2) is 4.98 Å². The third kappa shape index (κ3) is 5.01. The van der Waals surface area contributed by atoms with E-state index in [4.69, 9.17) is 21.1 Å². The Bertz CT molecular complexity index is 935. The lowest BCUT2D eigenvalue weighted by molar-refractivity contribution is -0.116. The average molecular weight is 386 g/mol. The van der Waals surface area contributed by atoms with E-state index in [1.165, 1.54) is 6.08 Å². The maximum atomic E-state index is 12.0. The molecule has 0 bridgehead atoms. The summed E-state index contributed by atoms with van der Waals surface area (Å²) >= 11 is 6.13. The molecule has 0 radical (unpaired) electrons. The molecule has 3 rings (SSSR count). The minimum Gasteiger partial charge on any atom is -0.494 e. The van der Waals surface area contributed by atoms with Gasteiger partial charge < -0.3 is 14.8 Å². The molecule has 0 aliphatic rings. The molecule has 0 unspecified atom stereocenters. The summed E-state index contributed by atoms with van der Waals surface area (Å²) in [6, 6.07) is 13.0. The van der Waals surface area contributed by atoms with Crippen LogP contribution in [0, 0.1) is 0 Å². The van der Waals surface area contributed by atoms with Crippen LogP contribution in [0.15, 0.2) is 54.7 Å². The Morgan fingerprint density at radius 3 is 2.67 bits per heavy atom. The van der Waals surface area contributed by atoms with E-state index >= 15 is 0 Å². The van der Waals surface area contributed by atoms with E-state index in [1.54, 1.807) is 6.08 Å². The molecule has 0 saturated heterocycles. The molecule has 0 spiro atoms. The number of carbonyl (C=O) groups excluding carboxylic acids is 1. The number of carbonyl (C=O) groups is 1. The molecule has 2 aromatic heterocycles. The molecule has 0 atom stereocenters. The highest BCUT2D eigenvalue weighted by Crippen LogP contribution is 2.19. The Labute approximate surface area is 162 Å². The van der Waals surface area contributed by atoms with Crippen LogP contribution in [0.3, 0.4) is 0 Å². The van der Waals surface area contributed by atoms with Gasteiger partial charge in [0.25, 0.3) is 0 Å². The van der Waals surface area contributed by atoms with Gasteiger partial charge in [-0.2, -0.15) is 0 Å². The van der Waals surface area contributed by atoms with Crippen molar-refractivity contribution in [3.8, 4) is 11.5 Å². The summed E-state index contributed by atoms with van der Waals surface area (Å²) < 4.78 is 12.8. The number of hydrogen-bond donors (Lipinski definition) is 1. The minimum atomic E-state index is -0.229. The number of rotatable bonds is 8. The topological polar surface area (TPSA) is 64.9 Å². The Kier molecular flexibility index (Phi) is 6.33. The Balaban J connectivity index is 1.46. The van der Waals surface area contributed by atoms with Gasteiger partial charge in [0.05, 0.1) is 18.8 Å². The predicted molar refractivity (Wildman–Crippen MR) is 105 cm³/mol. The van der Waals surface area contributed by atoms with Gasteiger partial charge in [0.1, 0.15) is 23.8 Å². The van der Waals surface area contributed by atoms with Crippen LogP contribution in [0.1, 0.15) is 12.6 Å². The van der Waals surface area contributed by atoms with E-state index < -0.39 is 0 Å². The van der Waals surface area contributed by atoms with Crippen molar-refractivity contribution in [2.75, 3.05) is 19.8 Å². The van der Waals surface area contributed by atoms with E-state index in [-0.39, 0.29) is 5.91 Å². The van der Waals surface area contributed by atoms with Gasteiger partial charge >= 0.3 is 0 Å². The molecule has 1 amide bonds. The number of nitrogens with one attached hydrogen (secondary N) is 1. The lowest BCUT2D eigenvalue weighted by atomic mass is 10.3. The number of nitrogens with zero attached hydrogens (tertiary/aromatic N) is 2. The van der Waals surface area contributed by atoms with E-state index in [2.05, 4.69) is 10.3 Å². The lowest BCUT2D eigenvalue weighted by Crippen LogP contribution is -2.26. The first-order valence-corrected chi connectivity index (χ1v) is 8.99. The summed E-state index contributed by atoms with van der Waals surface area (Å²) in [6.07, 6.45) is 4.92. The SMILES string of the molecule is CCOc1ccc(OCCNC(=O)/C=C/c2c(Cl)nc3ccccn23)cc1. The monoisotopic (exact) mass is 385 g/mol. The van der Waals surface area contributed by atoms with Crippen LogP contribution in [0.25, 0.3) is 11.7 Å². The fraction of sp³-hybridized carbons (Fsp3) is 0.200. The van der Waals surface area contributed by atoms with E-state index in [0.29, 0.717) is 30.6 Å². The lowest BCUT2D eigenvalue weighted by Gasteiger charge is -2.08. The molecule has 27 heavy (non-hydrogen) atoms. The first-order valence-electron chi connectivity index (χ1n) is 8.61. The Morgan fingerprint density at radius 2 is 1.93 bits per heavy atom. The fourth-order valence-electron chi connectivity index (χ4n) is 2.49. The molecule has 2 heterocycles. The molecule has 0 aliphatic heterocycles. The molecular formula is C20H20ClN3O3. The van der Waals surface area contributed by atoms with Crippen LogP contribution in [0.4, 0.5) is 0 Å². The van der Waals surface area contributed by atoms with Gasteiger partial charge in [-0.1, -0.05) is 17.7 Å². The number of aromatic nitrogens is 2. The minimum absolute atomic E-state index is 0.229. The Morgan fingerprint density at radius 1 is 1.19 bits per heavy atom. The summed E-state index contributed by atoms with van der Waals surface area (Å²) in [5, 5.41) is 3.12. The van der Waals surface area contributed by atoms with Crippen molar-refractivity contribution >= 4 is 29.2 Å². The second-order valence-electron chi connectivity index (χ2n) is 5.59. The van der Waals surface area contributed by atoms with Crippen molar-refractivity contribution in [3.05, 3.63) is 65.6 Å². The number of hydrogen-bond acceptors (Lipinski definition) is 4. The third-order valence-electron chi connectivity index (χ3n) is 3.72. The number of pyridine rings is 1. The Hall–Kier alpha value is -2.99. The number of halogens is 1. The van der Waals surface area contributed by atoms with Crippen molar-refractivity contribution in [2.45, 2.75) is 6.92 Å². The van der Waals surface area contributed by atoms with Gasteiger partial charge in [0.2, 0.25) is 5.91 Å². The largest absolute Gasteiger partial charge is 0.494 e. The molecule has 1 N–H and O–H groups in total. The van der Waals surface area contributed by atoms with Gasteiger partial charge in [-0.15, -0.1) is 0 Å². The molecule has 0 aliphatic carbocycles. The summed E-state index contributed by atoms with van der Waals surface area (Å²) in [6.45, 7) is 3.31. The number of fused-ring (bicyclic) bond motifs is 1. The fourth-order valence-corrected chi connectivity index (χ4v) is 2.73. The van der Waals surface area contributed by atoms with Gasteiger partial charge in [0, 0.05) is 12.3 Å². The molecule has 7 heteroatoms. The maximum absolute atomic E-state index is 12.0. The zero-order chi connectivity index (χ0) is 19.1. The molecule has 6 nitrogen and oxygen atoms in total. The van der Waals surface area contributed by atoms with E-state index in [1.807, 2.05) is 60.0 Å². The third-order valence-corrected chi connectivity index (χ3v) is 4.00. The first-order chi connectivity index (χ1) is 13.2. The summed E-state index contributed by atoms with van der Waals surface area (Å²) in [7, 11) is 0. The second-order valence-corrected chi connectivity index (χ2v) is 5.95. The van der Waals surface area contributed by atoms with Crippen molar-refractivity contribution in [1.29, 1.82) is 0 Å². The van der Waals surface area contributed by atoms with Gasteiger partial charge in [-0.05, 0) is 49.4 Å². The second kappa shape index (κ2) is 9.09. The van der Waals surface area contributed by atoms with Crippen LogP contribution in [-0.2, 0) is 4.79 Å². The molecule has 1 aromatic carbocycles. The van der Waals surface area contributed by atoms with Crippen molar-refractivity contribution in [3.63, 3.8) is 0 Å². The van der Waals surface area contributed by atoms with E-state index in [0.717, 1.165) is 17.1 Å². The highest BCUT2D eigenvalue weighted by molar-refractivity contribution is 6.31. The molecule has 0 fully saturated rings. The van der Waals surface area contributed by atoms with Gasteiger partial charge in [0.15, 0.2) is 5.15 Å². The first kappa shape index (κ1) is 18.8. The van der Waals surface area contributed by atoms with E-state index in [9.17, 15) is 4.79 Å². The molecule has 140 valence electrons. The van der Waals surface area contributed by atoms with Crippen molar-refractivity contribution in [1.82, 2.24) is 14.7 Å². The number of ether oxygens (including phenoxy) is 2. The zero-order valence-corrected chi connectivity index (χ0v) is 15.6. The summed E-state index contributed by atoms with van der Waals surface area (Å²) in [5.41, 5.74) is 1.39. The number of amides is 1. The highest BCUT2D eigenvalue weighted by Gasteiger charge is 2.07. The standard InChI is InChI=1S/C20H20ClN3O3/c1-2-26-15-6-8-16(9-7-15)27-14-12-22-19(25)11-10-17-20(21)23-18-5-3-4-13-24(17)18/h3-11,13H,2,12,14H2,1H3,(H,22,25)/b11-10+. The number of imidazole rings is 1. The summed E-state index contributed by atoms with van der Waals surface area (Å²) in [4.78, 5) is 16.2. The van der Waals surface area contributed by atoms with Crippen LogP contribution in [-0.4, -0.2) is 35.1 Å². The summed E-state index contributed by atoms with van der Waals surface area (Å²) in [5.74, 6) is 1.29. The van der Waals surface area contributed by atoms with Crippen molar-refractivity contribution in [2.24, 2.45) is 0 Å². The molecule has 0 saturated carbocycles. The average Bonchev–Trinajstić information content (AvgIpc) is 3.00. The normalized spacial score (nSPS) is 11.0. The van der Waals surface area contributed by atoms with Crippen LogP contribution < -0.4 is 14.8 Å². The van der Waals surface area contributed by atoms with Crippen LogP contribution in [0.2, 0.25) is 5.15 Å². The zero-order valence-electron chi connectivity index (χ0n) is 14.9. The predicted octanol–water partition coefficient (Wildman–Crippen LogP) is 3.59. The van der Waals surface area contributed by atoms with Crippen LogP contribution >= 0.6 is 11.6 Å². The van der Waals surface area contributed by atoms with Crippen molar-refractivity contribution < 1.29 is 14.3 Å². The molecular weight excluding hydrogens is 366 g/mol. The number of benzene rings is 1. The quantitative estimate of drug-likeness (QED) is 0.475. The maximum Gasteiger partial charge on any atom is 0.244 e.